The Morgan fingerprint density at radius 2 is 2.04 bits per heavy atom. The number of morpholine rings is 1. The molecule has 0 spiro atoms. The highest BCUT2D eigenvalue weighted by molar-refractivity contribution is 6.29. The van der Waals surface area contributed by atoms with Gasteiger partial charge in [0.15, 0.2) is 0 Å². The van der Waals surface area contributed by atoms with Crippen molar-refractivity contribution < 1.29 is 9.53 Å². The number of rotatable bonds is 7. The van der Waals surface area contributed by atoms with E-state index in [1.165, 1.54) is 0 Å². The van der Waals surface area contributed by atoms with Crippen molar-refractivity contribution in [3.8, 4) is 0 Å². The van der Waals surface area contributed by atoms with Gasteiger partial charge in [0.25, 0.3) is 0 Å². The highest BCUT2D eigenvalue weighted by Crippen LogP contribution is 2.15. The predicted molar refractivity (Wildman–Crippen MR) is 104 cm³/mol. The van der Waals surface area contributed by atoms with Gasteiger partial charge < -0.3 is 15.4 Å². The van der Waals surface area contributed by atoms with E-state index in [4.69, 9.17) is 16.3 Å². The molecule has 0 aliphatic carbocycles. The molecule has 1 saturated heterocycles. The zero-order valence-corrected chi connectivity index (χ0v) is 15.3. The number of carbonyl (C=O) groups is 1. The summed E-state index contributed by atoms with van der Waals surface area (Å²) in [5, 5.41) is 6.72. The number of pyridine rings is 1. The first-order valence-corrected chi connectivity index (χ1v) is 9.11. The number of ether oxygens (including phenoxy) is 1. The summed E-state index contributed by atoms with van der Waals surface area (Å²) in [6.45, 7) is 4.69. The molecule has 3 rings (SSSR count). The number of anilines is 2. The van der Waals surface area contributed by atoms with Crippen LogP contribution in [0.2, 0.25) is 5.15 Å². The molecule has 0 saturated carbocycles. The first-order valence-electron chi connectivity index (χ1n) is 8.73. The minimum atomic E-state index is 0.0301. The summed E-state index contributed by atoms with van der Waals surface area (Å²) in [5.41, 5.74) is 2.79. The Kier molecular flexibility index (Phi) is 6.82. The number of hydrogen-bond acceptors (Lipinski definition) is 5. The second-order valence-electron chi connectivity index (χ2n) is 6.17. The van der Waals surface area contributed by atoms with Crippen LogP contribution in [0.1, 0.15) is 12.0 Å². The van der Waals surface area contributed by atoms with Crippen molar-refractivity contribution >= 4 is 28.9 Å². The van der Waals surface area contributed by atoms with Crippen LogP contribution < -0.4 is 10.6 Å². The van der Waals surface area contributed by atoms with Crippen LogP contribution >= 0.6 is 11.6 Å². The number of aromatic nitrogens is 1. The molecule has 1 aliphatic rings. The average Bonchev–Trinajstić information content (AvgIpc) is 2.66. The van der Waals surface area contributed by atoms with Crippen molar-refractivity contribution in [1.82, 2.24) is 9.88 Å². The molecule has 0 bridgehead atoms. The summed E-state index contributed by atoms with van der Waals surface area (Å²) < 4.78 is 5.32. The second-order valence-corrected chi connectivity index (χ2v) is 6.56. The number of benzene rings is 1. The van der Waals surface area contributed by atoms with E-state index in [-0.39, 0.29) is 5.91 Å². The molecule has 1 aromatic carbocycles. The molecule has 6 nitrogen and oxygen atoms in total. The topological polar surface area (TPSA) is 66.5 Å². The van der Waals surface area contributed by atoms with E-state index < -0.39 is 0 Å². The molecule has 26 heavy (non-hydrogen) atoms. The maximum absolute atomic E-state index is 12.2. The van der Waals surface area contributed by atoms with E-state index >= 15 is 0 Å². The number of carbonyl (C=O) groups excluding carboxylic acids is 1. The number of nitrogens with zero attached hydrogens (tertiary/aromatic N) is 2. The maximum Gasteiger partial charge on any atom is 0.225 e. The van der Waals surface area contributed by atoms with Gasteiger partial charge in [0, 0.05) is 50.2 Å². The van der Waals surface area contributed by atoms with Gasteiger partial charge in [0.2, 0.25) is 5.91 Å². The van der Waals surface area contributed by atoms with E-state index in [0.29, 0.717) is 18.1 Å². The van der Waals surface area contributed by atoms with Gasteiger partial charge >= 0.3 is 0 Å². The van der Waals surface area contributed by atoms with Gasteiger partial charge in [0.05, 0.1) is 13.2 Å². The fourth-order valence-corrected chi connectivity index (χ4v) is 2.96. The van der Waals surface area contributed by atoms with E-state index in [2.05, 4.69) is 20.5 Å². The SMILES string of the molecule is O=C(CCN1CCOCC1)Nc1cccc(CNc2ccnc(Cl)c2)c1. The van der Waals surface area contributed by atoms with Gasteiger partial charge in [-0.1, -0.05) is 23.7 Å². The smallest absolute Gasteiger partial charge is 0.225 e. The first kappa shape index (κ1) is 18.6. The van der Waals surface area contributed by atoms with Gasteiger partial charge in [-0.05, 0) is 29.8 Å². The lowest BCUT2D eigenvalue weighted by molar-refractivity contribution is -0.116. The van der Waals surface area contributed by atoms with E-state index in [0.717, 1.165) is 49.8 Å². The Bertz CT molecular complexity index is 735. The molecule has 1 amide bonds. The van der Waals surface area contributed by atoms with Crippen LogP contribution in [0.3, 0.4) is 0 Å². The van der Waals surface area contributed by atoms with Crippen molar-refractivity contribution in [3.63, 3.8) is 0 Å². The summed E-state index contributed by atoms with van der Waals surface area (Å²) in [4.78, 5) is 18.4. The lowest BCUT2D eigenvalue weighted by atomic mass is 10.2. The fraction of sp³-hybridized carbons (Fsp3) is 0.368. The van der Waals surface area contributed by atoms with Crippen LogP contribution in [0.25, 0.3) is 0 Å². The summed E-state index contributed by atoms with van der Waals surface area (Å²) in [6, 6.07) is 11.5. The third-order valence-electron chi connectivity index (χ3n) is 4.19. The Morgan fingerprint density at radius 1 is 1.19 bits per heavy atom. The normalized spacial score (nSPS) is 14.8. The zero-order chi connectivity index (χ0) is 18.2. The molecule has 0 unspecified atom stereocenters. The van der Waals surface area contributed by atoms with Gasteiger partial charge in [-0.3, -0.25) is 9.69 Å². The van der Waals surface area contributed by atoms with Crippen LogP contribution in [-0.4, -0.2) is 48.6 Å². The van der Waals surface area contributed by atoms with Gasteiger partial charge in [-0.15, -0.1) is 0 Å². The van der Waals surface area contributed by atoms with Crippen molar-refractivity contribution in [1.29, 1.82) is 0 Å². The van der Waals surface area contributed by atoms with E-state index in [1.807, 2.05) is 30.3 Å². The molecular weight excluding hydrogens is 352 g/mol. The minimum Gasteiger partial charge on any atom is -0.381 e. The van der Waals surface area contributed by atoms with Crippen LogP contribution in [0.4, 0.5) is 11.4 Å². The molecule has 1 fully saturated rings. The molecule has 0 atom stereocenters. The van der Waals surface area contributed by atoms with Crippen molar-refractivity contribution in [3.05, 3.63) is 53.3 Å². The largest absolute Gasteiger partial charge is 0.381 e. The number of hydrogen-bond donors (Lipinski definition) is 2. The number of amides is 1. The molecule has 1 aromatic heterocycles. The molecule has 138 valence electrons. The molecule has 2 aromatic rings. The highest BCUT2D eigenvalue weighted by atomic mass is 35.5. The second kappa shape index (κ2) is 9.52. The quantitative estimate of drug-likeness (QED) is 0.729. The maximum atomic E-state index is 12.2. The van der Waals surface area contributed by atoms with Crippen molar-refractivity contribution in [2.75, 3.05) is 43.5 Å². The minimum absolute atomic E-state index is 0.0301. The van der Waals surface area contributed by atoms with Crippen LogP contribution in [0.15, 0.2) is 42.6 Å². The van der Waals surface area contributed by atoms with Gasteiger partial charge in [-0.2, -0.15) is 0 Å². The molecule has 1 aliphatic heterocycles. The summed E-state index contributed by atoms with van der Waals surface area (Å²) >= 11 is 5.89. The highest BCUT2D eigenvalue weighted by Gasteiger charge is 2.12. The van der Waals surface area contributed by atoms with Crippen molar-refractivity contribution in [2.24, 2.45) is 0 Å². The molecule has 0 radical (unpaired) electrons. The Labute approximate surface area is 158 Å². The number of halogens is 1. The van der Waals surface area contributed by atoms with Crippen LogP contribution in [0.5, 0.6) is 0 Å². The molecule has 7 heteroatoms. The Morgan fingerprint density at radius 3 is 2.85 bits per heavy atom. The van der Waals surface area contributed by atoms with Gasteiger partial charge in [-0.25, -0.2) is 4.98 Å². The molecule has 2 heterocycles. The zero-order valence-electron chi connectivity index (χ0n) is 14.6. The lowest BCUT2D eigenvalue weighted by Gasteiger charge is -2.26. The lowest BCUT2D eigenvalue weighted by Crippen LogP contribution is -2.38. The first-order chi connectivity index (χ1) is 12.7. The third-order valence-corrected chi connectivity index (χ3v) is 4.40. The van der Waals surface area contributed by atoms with E-state index in [9.17, 15) is 4.79 Å². The summed E-state index contributed by atoms with van der Waals surface area (Å²) in [5.74, 6) is 0.0301. The average molecular weight is 375 g/mol. The summed E-state index contributed by atoms with van der Waals surface area (Å²) in [6.07, 6.45) is 2.15. The Balaban J connectivity index is 1.47. The van der Waals surface area contributed by atoms with Crippen molar-refractivity contribution in [2.45, 2.75) is 13.0 Å². The van der Waals surface area contributed by atoms with Crippen LogP contribution in [-0.2, 0) is 16.1 Å². The van der Waals surface area contributed by atoms with Crippen LogP contribution in [0, 0.1) is 0 Å². The monoisotopic (exact) mass is 374 g/mol. The fourth-order valence-electron chi connectivity index (χ4n) is 2.78. The number of nitrogens with one attached hydrogen (secondary N) is 2. The Hall–Kier alpha value is -2.15. The third kappa shape index (κ3) is 5.98. The molecular formula is C19H23ClN4O2. The predicted octanol–water partition coefficient (Wildman–Crippen LogP) is 3.01. The summed E-state index contributed by atoms with van der Waals surface area (Å²) in [7, 11) is 0. The molecule has 2 N–H and O–H groups in total. The standard InChI is InChI=1S/C19H23ClN4O2/c20-18-13-16(4-6-21-18)22-14-15-2-1-3-17(12-15)23-19(25)5-7-24-8-10-26-11-9-24/h1-4,6,12-13H,5,7-11,14H2,(H,21,22)(H,23,25). The van der Waals surface area contributed by atoms with E-state index in [1.54, 1.807) is 12.3 Å². The van der Waals surface area contributed by atoms with Gasteiger partial charge in [0.1, 0.15) is 5.15 Å².